The number of ketones is 1. The second kappa shape index (κ2) is 19.0. The molecule has 4 heterocycles. The number of carbonyl (C=O) groups excluding carboxylic acids is 1. The first-order chi connectivity index (χ1) is 28.8. The Hall–Kier alpha value is -4.57. The van der Waals surface area contributed by atoms with Gasteiger partial charge in [0.15, 0.2) is 28.8 Å². The summed E-state index contributed by atoms with van der Waals surface area (Å²) in [6, 6.07) is 2.61. The molecule has 2 aromatic rings. The van der Waals surface area contributed by atoms with Crippen molar-refractivity contribution in [2.24, 2.45) is 0 Å². The maximum Gasteiger partial charge on any atom is 0.238 e. The standard InChI is InChI=1S/C42H52O18/c1-5-7-9-11-21(45)13-20-14-26(46)37(59-41-34(52)32(50)39(54-4)29(18-44)57-41)35-22(20)15-25-23-16-27(47)36(58-40-33(51)31(49)38(53-3)28(17-43)56-40)30(48)24(23)19-55-42(25,60-35)12-10-8-6-2/h5-12,14,16,25,28-29,31-34,38-41,43-44,46-52H,13,15,17-19H2,1-4H3/b7-5+,8-6+,11-9+,12-10+/t25-,28+,29+,31+,32+,33+,34+,38+,39+,40-,41-,42-/m0/s1. The Morgan fingerprint density at radius 3 is 1.92 bits per heavy atom. The molecule has 0 radical (unpaired) electrons. The van der Waals surface area contributed by atoms with Crippen molar-refractivity contribution in [1.29, 1.82) is 0 Å². The van der Waals surface area contributed by atoms with Gasteiger partial charge in [0.2, 0.25) is 29.9 Å². The summed E-state index contributed by atoms with van der Waals surface area (Å²) in [5, 5.41) is 97.8. The van der Waals surface area contributed by atoms with E-state index in [1.807, 2.05) is 0 Å². The van der Waals surface area contributed by atoms with Crippen molar-refractivity contribution in [1.82, 2.24) is 0 Å². The van der Waals surface area contributed by atoms with Crippen LogP contribution in [0.2, 0.25) is 0 Å². The molecule has 18 heteroatoms. The fourth-order valence-electron chi connectivity index (χ4n) is 7.95. The zero-order valence-corrected chi connectivity index (χ0v) is 33.4. The third kappa shape index (κ3) is 8.50. The molecule has 2 aromatic carbocycles. The number of benzene rings is 2. The maximum atomic E-state index is 13.2. The molecular formula is C42H52O18. The average Bonchev–Trinajstić information content (AvgIpc) is 3.23. The number of aliphatic hydroxyl groups is 6. The van der Waals surface area contributed by atoms with E-state index < -0.39 is 109 Å². The van der Waals surface area contributed by atoms with Crippen LogP contribution < -0.4 is 14.2 Å². The normalized spacial score (nSPS) is 32.9. The number of allylic oxidation sites excluding steroid dienone is 7. The first-order valence-corrected chi connectivity index (χ1v) is 19.3. The Bertz CT molecular complexity index is 1970. The van der Waals surface area contributed by atoms with Crippen LogP contribution in [0.15, 0.2) is 60.7 Å². The van der Waals surface area contributed by atoms with Crippen molar-refractivity contribution < 1.29 is 88.6 Å². The highest BCUT2D eigenvalue weighted by Gasteiger charge is 2.53. The molecule has 18 nitrogen and oxygen atoms in total. The number of fused-ring (bicyclic) bond motifs is 4. The highest BCUT2D eigenvalue weighted by atomic mass is 16.7. The number of phenols is 3. The number of hydrogen-bond donors (Lipinski definition) is 9. The van der Waals surface area contributed by atoms with Gasteiger partial charge in [0, 0.05) is 31.8 Å². The minimum atomic E-state index is -1.75. The second-order valence-corrected chi connectivity index (χ2v) is 14.7. The molecule has 6 rings (SSSR count). The molecule has 4 aliphatic rings. The molecule has 0 aliphatic carbocycles. The summed E-state index contributed by atoms with van der Waals surface area (Å²) in [7, 11) is 2.54. The van der Waals surface area contributed by atoms with Gasteiger partial charge in [-0.05, 0) is 55.7 Å². The van der Waals surface area contributed by atoms with E-state index in [0.29, 0.717) is 16.7 Å². The number of phenolic OH excluding ortho intramolecular Hbond substituents is 3. The van der Waals surface area contributed by atoms with E-state index in [1.54, 1.807) is 56.4 Å². The predicted octanol–water partition coefficient (Wildman–Crippen LogP) is 0.790. The molecule has 4 aliphatic heterocycles. The van der Waals surface area contributed by atoms with Crippen LogP contribution in [0.4, 0.5) is 0 Å². The van der Waals surface area contributed by atoms with Gasteiger partial charge in [-0.1, -0.05) is 36.5 Å². The second-order valence-electron chi connectivity index (χ2n) is 14.7. The molecule has 2 saturated heterocycles. The van der Waals surface area contributed by atoms with Crippen LogP contribution in [0.1, 0.15) is 42.0 Å². The van der Waals surface area contributed by atoms with E-state index in [9.17, 15) is 50.8 Å². The van der Waals surface area contributed by atoms with Gasteiger partial charge in [-0.3, -0.25) is 4.79 Å². The van der Waals surface area contributed by atoms with E-state index in [1.165, 1.54) is 32.4 Å². The lowest BCUT2D eigenvalue weighted by atomic mass is 9.76. The molecular weight excluding hydrogens is 792 g/mol. The van der Waals surface area contributed by atoms with E-state index in [2.05, 4.69) is 0 Å². The first kappa shape index (κ1) is 45.0. The van der Waals surface area contributed by atoms with Crippen LogP contribution in [0.25, 0.3) is 0 Å². The Morgan fingerprint density at radius 2 is 1.35 bits per heavy atom. The molecule has 2 fully saturated rings. The fourth-order valence-corrected chi connectivity index (χ4v) is 7.95. The number of aromatic hydroxyl groups is 3. The Morgan fingerprint density at radius 1 is 0.783 bits per heavy atom. The maximum absolute atomic E-state index is 13.2. The van der Waals surface area contributed by atoms with Crippen molar-refractivity contribution in [3.05, 3.63) is 83.0 Å². The van der Waals surface area contributed by atoms with E-state index >= 15 is 0 Å². The Kier molecular flexibility index (Phi) is 14.2. The van der Waals surface area contributed by atoms with Crippen molar-refractivity contribution in [2.75, 3.05) is 27.4 Å². The summed E-state index contributed by atoms with van der Waals surface area (Å²) < 4.78 is 46.8. The van der Waals surface area contributed by atoms with Crippen molar-refractivity contribution in [2.45, 2.75) is 106 Å². The highest BCUT2D eigenvalue weighted by Crippen LogP contribution is 2.57. The van der Waals surface area contributed by atoms with E-state index in [4.69, 9.17) is 37.9 Å². The lowest BCUT2D eigenvalue weighted by Gasteiger charge is -2.47. The van der Waals surface area contributed by atoms with E-state index in [0.717, 1.165) is 0 Å². The van der Waals surface area contributed by atoms with Crippen molar-refractivity contribution in [3.63, 3.8) is 0 Å². The summed E-state index contributed by atoms with van der Waals surface area (Å²) in [6.45, 7) is 1.98. The van der Waals surface area contributed by atoms with Gasteiger partial charge in [-0.25, -0.2) is 0 Å². The molecule has 9 N–H and O–H groups in total. The summed E-state index contributed by atoms with van der Waals surface area (Å²) in [4.78, 5) is 13.2. The smallest absolute Gasteiger partial charge is 0.238 e. The van der Waals surface area contributed by atoms with Crippen molar-refractivity contribution >= 4 is 5.78 Å². The van der Waals surface area contributed by atoms with Crippen LogP contribution in [0, 0.1) is 0 Å². The minimum absolute atomic E-state index is 0.0334. The molecule has 0 bridgehead atoms. The monoisotopic (exact) mass is 844 g/mol. The van der Waals surface area contributed by atoms with Crippen molar-refractivity contribution in [3.8, 4) is 34.5 Å². The van der Waals surface area contributed by atoms with Crippen LogP contribution in [-0.4, -0.2) is 146 Å². The number of rotatable bonds is 14. The molecule has 0 amide bonds. The minimum Gasteiger partial charge on any atom is -0.504 e. The summed E-state index contributed by atoms with van der Waals surface area (Å²) in [6.07, 6.45) is -1.67. The third-order valence-electron chi connectivity index (χ3n) is 11.0. The van der Waals surface area contributed by atoms with Gasteiger partial charge in [0.05, 0.1) is 25.7 Å². The Balaban J connectivity index is 1.45. The van der Waals surface area contributed by atoms with Gasteiger partial charge in [-0.15, -0.1) is 0 Å². The number of methoxy groups -OCH3 is 2. The third-order valence-corrected chi connectivity index (χ3v) is 11.0. The zero-order chi connectivity index (χ0) is 43.5. The SMILES string of the molecule is C/C=C/C=C/C(=O)Cc1cc(O)c(O[C@@H]2O[C@H](CO)[C@@H](OC)[C@H](O)[C@H]2O)c2c1C[C@H]1c3cc(O)c(O[C@@H]4O[C@H](CO)[C@@H](OC)[C@H](O)[C@H]4O)c(O)c3CO[C@@]1(/C=C/C=C/C)O2. The van der Waals surface area contributed by atoms with Crippen LogP contribution in [0.5, 0.6) is 34.5 Å². The number of carbonyl (C=O) groups is 1. The lowest BCUT2D eigenvalue weighted by Crippen LogP contribution is -2.60. The summed E-state index contributed by atoms with van der Waals surface area (Å²) in [5.41, 5.74) is 1.11. The molecule has 328 valence electrons. The molecule has 60 heavy (non-hydrogen) atoms. The fraction of sp³-hybridized carbons (Fsp3) is 0.500. The molecule has 0 saturated carbocycles. The number of ether oxygens (including phenoxy) is 8. The zero-order valence-electron chi connectivity index (χ0n) is 33.4. The summed E-state index contributed by atoms with van der Waals surface area (Å²) >= 11 is 0. The predicted molar refractivity (Wildman–Crippen MR) is 207 cm³/mol. The first-order valence-electron chi connectivity index (χ1n) is 19.3. The van der Waals surface area contributed by atoms with Crippen LogP contribution in [0.3, 0.4) is 0 Å². The van der Waals surface area contributed by atoms with Gasteiger partial charge < -0.3 is 83.9 Å². The topological polar surface area (TPSA) is 273 Å². The molecule has 0 aromatic heterocycles. The van der Waals surface area contributed by atoms with Crippen LogP contribution in [-0.2, 0) is 47.9 Å². The van der Waals surface area contributed by atoms with Gasteiger partial charge in [0.25, 0.3) is 0 Å². The lowest BCUT2D eigenvalue weighted by molar-refractivity contribution is -0.282. The summed E-state index contributed by atoms with van der Waals surface area (Å²) in [5.74, 6) is -5.67. The van der Waals surface area contributed by atoms with E-state index in [-0.39, 0.29) is 42.3 Å². The largest absolute Gasteiger partial charge is 0.504 e. The highest BCUT2D eigenvalue weighted by molar-refractivity contribution is 5.92. The van der Waals surface area contributed by atoms with Gasteiger partial charge in [-0.2, -0.15) is 0 Å². The number of aliphatic hydroxyl groups excluding tert-OH is 6. The molecule has 0 spiro atoms. The average molecular weight is 845 g/mol. The Labute approximate surface area is 345 Å². The quantitative estimate of drug-likeness (QED) is 0.0940. The van der Waals surface area contributed by atoms with Gasteiger partial charge >= 0.3 is 0 Å². The molecule has 12 atom stereocenters. The molecule has 0 unspecified atom stereocenters. The van der Waals surface area contributed by atoms with Crippen LogP contribution >= 0.6 is 0 Å². The number of hydrogen-bond acceptors (Lipinski definition) is 18. The van der Waals surface area contributed by atoms with Gasteiger partial charge in [0.1, 0.15) is 48.8 Å².